The summed E-state index contributed by atoms with van der Waals surface area (Å²) in [5.41, 5.74) is 0. The van der Waals surface area contributed by atoms with Crippen LogP contribution in [-0.4, -0.2) is 23.3 Å². The molecule has 0 spiro atoms. The van der Waals surface area contributed by atoms with Crippen LogP contribution in [0.15, 0.2) is 0 Å². The summed E-state index contributed by atoms with van der Waals surface area (Å²) in [5.74, 6) is 0.330. The molecule has 0 aromatic carbocycles. The van der Waals surface area contributed by atoms with Gasteiger partial charge in [0.15, 0.2) is 5.78 Å². The van der Waals surface area contributed by atoms with Gasteiger partial charge in [-0.2, -0.15) is 0 Å². The second kappa shape index (κ2) is 4.23. The smallest absolute Gasteiger partial charge is 0.202 e. The zero-order valence-electron chi connectivity index (χ0n) is 8.84. The standard InChI is InChI=1S/C11H16Cl2O2/c1-15-10-8(9(14)11(10,12)13)7-5-3-2-4-6-7/h7-8,10H,2-6H2,1H3/t8-,10+/m1/s1. The van der Waals surface area contributed by atoms with Gasteiger partial charge in [-0.15, -0.1) is 0 Å². The summed E-state index contributed by atoms with van der Waals surface area (Å²) in [6, 6.07) is 0. The van der Waals surface area contributed by atoms with Gasteiger partial charge in [-0.25, -0.2) is 0 Å². The highest BCUT2D eigenvalue weighted by atomic mass is 35.5. The van der Waals surface area contributed by atoms with Crippen LogP contribution >= 0.6 is 23.2 Å². The molecule has 0 saturated heterocycles. The van der Waals surface area contributed by atoms with Gasteiger partial charge in [-0.05, 0) is 18.8 Å². The first kappa shape index (κ1) is 11.7. The Morgan fingerprint density at radius 3 is 2.40 bits per heavy atom. The van der Waals surface area contributed by atoms with E-state index in [0.717, 1.165) is 12.8 Å². The summed E-state index contributed by atoms with van der Waals surface area (Å²) < 4.78 is 3.96. The summed E-state index contributed by atoms with van der Waals surface area (Å²) in [5, 5.41) is 0. The van der Waals surface area contributed by atoms with Crippen molar-refractivity contribution >= 4 is 29.0 Å². The van der Waals surface area contributed by atoms with Gasteiger partial charge in [0, 0.05) is 7.11 Å². The van der Waals surface area contributed by atoms with Crippen molar-refractivity contribution in [1.82, 2.24) is 0 Å². The molecule has 0 N–H and O–H groups in total. The number of alkyl halides is 2. The molecule has 2 atom stereocenters. The van der Waals surface area contributed by atoms with E-state index in [4.69, 9.17) is 27.9 Å². The van der Waals surface area contributed by atoms with Crippen molar-refractivity contribution in [1.29, 1.82) is 0 Å². The summed E-state index contributed by atoms with van der Waals surface area (Å²) >= 11 is 11.9. The molecule has 0 heterocycles. The quantitative estimate of drug-likeness (QED) is 0.705. The van der Waals surface area contributed by atoms with Gasteiger partial charge in [0.2, 0.25) is 4.33 Å². The monoisotopic (exact) mass is 250 g/mol. The lowest BCUT2D eigenvalue weighted by Crippen LogP contribution is -2.64. The molecule has 4 heteroatoms. The van der Waals surface area contributed by atoms with Crippen LogP contribution in [0.5, 0.6) is 0 Å². The van der Waals surface area contributed by atoms with Gasteiger partial charge < -0.3 is 4.74 Å². The average Bonchev–Trinajstić information content (AvgIpc) is 2.25. The lowest BCUT2D eigenvalue weighted by atomic mass is 9.66. The van der Waals surface area contributed by atoms with Crippen LogP contribution in [0.4, 0.5) is 0 Å². The normalized spacial score (nSPS) is 36.3. The molecule has 2 aliphatic carbocycles. The van der Waals surface area contributed by atoms with E-state index in [-0.39, 0.29) is 17.8 Å². The predicted molar refractivity (Wildman–Crippen MR) is 60.3 cm³/mol. The summed E-state index contributed by atoms with van der Waals surface area (Å²) in [7, 11) is 1.58. The van der Waals surface area contributed by atoms with Crippen molar-refractivity contribution in [2.75, 3.05) is 7.11 Å². The van der Waals surface area contributed by atoms with Crippen LogP contribution in [0.25, 0.3) is 0 Å². The number of carbonyl (C=O) groups excluding carboxylic acids is 1. The lowest BCUT2D eigenvalue weighted by Gasteiger charge is -2.48. The Hall–Kier alpha value is 0.210. The molecule has 2 rings (SSSR count). The van der Waals surface area contributed by atoms with Crippen LogP contribution in [0.3, 0.4) is 0 Å². The van der Waals surface area contributed by atoms with E-state index in [1.807, 2.05) is 0 Å². The highest BCUT2D eigenvalue weighted by molar-refractivity contribution is 6.61. The van der Waals surface area contributed by atoms with Crippen LogP contribution in [0.1, 0.15) is 32.1 Å². The minimum Gasteiger partial charge on any atom is -0.377 e. The maximum atomic E-state index is 11.8. The lowest BCUT2D eigenvalue weighted by molar-refractivity contribution is -0.150. The van der Waals surface area contributed by atoms with Gasteiger partial charge in [0.25, 0.3) is 0 Å². The minimum absolute atomic E-state index is 0.0374. The van der Waals surface area contributed by atoms with Crippen LogP contribution in [0, 0.1) is 11.8 Å². The second-order valence-electron chi connectivity index (χ2n) is 4.57. The molecule has 86 valence electrons. The number of ketones is 1. The summed E-state index contributed by atoms with van der Waals surface area (Å²) in [6.07, 6.45) is 5.61. The van der Waals surface area contributed by atoms with Crippen molar-refractivity contribution in [3.8, 4) is 0 Å². The fraction of sp³-hybridized carbons (Fsp3) is 0.909. The summed E-state index contributed by atoms with van der Waals surface area (Å²) in [4.78, 5) is 11.8. The van der Waals surface area contributed by atoms with E-state index < -0.39 is 4.33 Å². The first-order chi connectivity index (χ1) is 7.09. The van der Waals surface area contributed by atoms with E-state index >= 15 is 0 Å². The van der Waals surface area contributed by atoms with Gasteiger partial charge >= 0.3 is 0 Å². The third-order valence-electron chi connectivity index (χ3n) is 3.73. The van der Waals surface area contributed by atoms with Crippen molar-refractivity contribution in [2.45, 2.75) is 42.5 Å². The Morgan fingerprint density at radius 1 is 1.27 bits per heavy atom. The zero-order valence-corrected chi connectivity index (χ0v) is 10.4. The van der Waals surface area contributed by atoms with E-state index in [1.165, 1.54) is 19.3 Å². The van der Waals surface area contributed by atoms with Crippen molar-refractivity contribution < 1.29 is 9.53 Å². The average molecular weight is 251 g/mol. The molecular weight excluding hydrogens is 235 g/mol. The number of hydrogen-bond acceptors (Lipinski definition) is 2. The molecule has 2 fully saturated rings. The molecule has 0 aliphatic heterocycles. The number of ether oxygens (including phenoxy) is 1. The zero-order chi connectivity index (χ0) is 11.1. The first-order valence-electron chi connectivity index (χ1n) is 5.54. The van der Waals surface area contributed by atoms with Crippen LogP contribution < -0.4 is 0 Å². The number of hydrogen-bond donors (Lipinski definition) is 0. The van der Waals surface area contributed by atoms with Crippen LogP contribution in [0.2, 0.25) is 0 Å². The largest absolute Gasteiger partial charge is 0.377 e. The van der Waals surface area contributed by atoms with Gasteiger partial charge in [-0.3, -0.25) is 4.79 Å². The van der Waals surface area contributed by atoms with Crippen molar-refractivity contribution in [3.63, 3.8) is 0 Å². The summed E-state index contributed by atoms with van der Waals surface area (Å²) in [6.45, 7) is 0. The van der Waals surface area contributed by atoms with Gasteiger partial charge in [-0.1, -0.05) is 42.5 Å². The number of methoxy groups -OCH3 is 1. The predicted octanol–water partition coefficient (Wildman–Crippen LogP) is 2.95. The topological polar surface area (TPSA) is 26.3 Å². The molecule has 2 saturated carbocycles. The Bertz CT molecular complexity index is 259. The fourth-order valence-electron chi connectivity index (χ4n) is 2.88. The Labute approximate surface area is 100 Å². The molecule has 0 unspecified atom stereocenters. The molecular formula is C11H16Cl2O2. The van der Waals surface area contributed by atoms with E-state index in [9.17, 15) is 4.79 Å². The van der Waals surface area contributed by atoms with E-state index in [1.54, 1.807) is 7.11 Å². The SMILES string of the molecule is CO[C@H]1[C@H](C2CCCCC2)C(=O)C1(Cl)Cl. The molecule has 0 radical (unpaired) electrons. The van der Waals surface area contributed by atoms with Gasteiger partial charge in [0.05, 0.1) is 5.92 Å². The first-order valence-corrected chi connectivity index (χ1v) is 6.29. The van der Waals surface area contributed by atoms with Gasteiger partial charge in [0.1, 0.15) is 6.10 Å². The number of rotatable bonds is 2. The second-order valence-corrected chi connectivity index (χ2v) is 5.95. The highest BCUT2D eigenvalue weighted by Gasteiger charge is 2.63. The molecule has 2 nitrogen and oxygen atoms in total. The molecule has 0 amide bonds. The molecule has 0 aromatic rings. The highest BCUT2D eigenvalue weighted by Crippen LogP contribution is 2.51. The Kier molecular flexibility index (Phi) is 3.30. The number of Topliss-reactive ketones (excluding diaryl/α,β-unsaturated/α-hetero) is 1. The molecule has 0 bridgehead atoms. The fourth-order valence-corrected chi connectivity index (χ4v) is 3.58. The Balaban J connectivity index is 2.06. The molecule has 0 aromatic heterocycles. The Morgan fingerprint density at radius 2 is 1.87 bits per heavy atom. The molecule has 2 aliphatic rings. The number of carbonyl (C=O) groups is 1. The van der Waals surface area contributed by atoms with E-state index in [2.05, 4.69) is 0 Å². The van der Waals surface area contributed by atoms with Crippen molar-refractivity contribution in [3.05, 3.63) is 0 Å². The van der Waals surface area contributed by atoms with Crippen molar-refractivity contribution in [2.24, 2.45) is 11.8 Å². The number of halogens is 2. The maximum absolute atomic E-state index is 11.8. The third kappa shape index (κ3) is 1.81. The minimum atomic E-state index is -1.29. The third-order valence-corrected chi connectivity index (χ3v) is 4.53. The maximum Gasteiger partial charge on any atom is 0.202 e. The molecule has 15 heavy (non-hydrogen) atoms. The van der Waals surface area contributed by atoms with Crippen LogP contribution in [-0.2, 0) is 9.53 Å². The van der Waals surface area contributed by atoms with E-state index in [0.29, 0.717) is 5.92 Å².